The summed E-state index contributed by atoms with van der Waals surface area (Å²) in [5, 5.41) is 3.32. The van der Waals surface area contributed by atoms with Crippen LogP contribution in [0.5, 0.6) is 5.75 Å². The summed E-state index contributed by atoms with van der Waals surface area (Å²) in [4.78, 5) is 4.52. The molecule has 92 valence electrons. The Morgan fingerprint density at radius 3 is 2.94 bits per heavy atom. The lowest BCUT2D eigenvalue weighted by molar-refractivity contribution is 0.258. The van der Waals surface area contributed by atoms with Crippen LogP contribution in [0.4, 0.5) is 11.4 Å². The maximum Gasteiger partial charge on any atom is 0.155 e. The standard InChI is InChI=1S/C13H19N3O/c1-3-7-15-13-11(4-2)17-12-6-5-9(14)8-10(12)16-13/h5-6,8,11H,3-4,7,14H2,1-2H3,(H,15,16). The molecule has 0 aromatic heterocycles. The van der Waals surface area contributed by atoms with Crippen molar-refractivity contribution in [3.63, 3.8) is 0 Å². The van der Waals surface area contributed by atoms with Gasteiger partial charge in [-0.25, -0.2) is 0 Å². The molecule has 0 saturated heterocycles. The Labute approximate surface area is 102 Å². The summed E-state index contributed by atoms with van der Waals surface area (Å²) < 4.78 is 5.90. The van der Waals surface area contributed by atoms with E-state index in [0.29, 0.717) is 0 Å². The molecule has 3 N–H and O–H groups in total. The Bertz CT molecular complexity index is 429. The predicted octanol–water partition coefficient (Wildman–Crippen LogP) is 2.66. The number of nitrogens with one attached hydrogen (secondary N) is 1. The second-order valence-corrected chi connectivity index (χ2v) is 4.16. The van der Waals surface area contributed by atoms with E-state index in [4.69, 9.17) is 10.5 Å². The van der Waals surface area contributed by atoms with Crippen LogP contribution < -0.4 is 15.8 Å². The fourth-order valence-electron chi connectivity index (χ4n) is 1.83. The minimum Gasteiger partial charge on any atom is -0.480 e. The van der Waals surface area contributed by atoms with Crippen LogP contribution in [0, 0.1) is 0 Å². The van der Waals surface area contributed by atoms with E-state index in [1.54, 1.807) is 0 Å². The maximum absolute atomic E-state index is 5.90. The monoisotopic (exact) mass is 233 g/mol. The van der Waals surface area contributed by atoms with Crippen LogP contribution >= 0.6 is 0 Å². The fourth-order valence-corrected chi connectivity index (χ4v) is 1.83. The minimum atomic E-state index is 0.0256. The summed E-state index contributed by atoms with van der Waals surface area (Å²) in [6, 6.07) is 5.63. The molecule has 0 aliphatic carbocycles. The molecule has 1 unspecified atom stereocenters. The molecule has 0 saturated carbocycles. The SMILES string of the molecule is CCCN=C1Nc2cc(N)ccc2OC1CC. The van der Waals surface area contributed by atoms with Crippen molar-refractivity contribution in [3.05, 3.63) is 18.2 Å². The topological polar surface area (TPSA) is 59.6 Å². The van der Waals surface area contributed by atoms with Crippen molar-refractivity contribution >= 4 is 17.2 Å². The second kappa shape index (κ2) is 5.08. The average Bonchev–Trinajstić information content (AvgIpc) is 2.35. The summed E-state index contributed by atoms with van der Waals surface area (Å²) in [5.74, 6) is 1.76. The summed E-state index contributed by atoms with van der Waals surface area (Å²) in [6.07, 6.45) is 1.96. The van der Waals surface area contributed by atoms with Crippen LogP contribution in [0.1, 0.15) is 26.7 Å². The molecule has 4 nitrogen and oxygen atoms in total. The highest BCUT2D eigenvalue weighted by atomic mass is 16.5. The number of hydrogen-bond acceptors (Lipinski definition) is 3. The lowest BCUT2D eigenvalue weighted by Crippen LogP contribution is -2.37. The average molecular weight is 233 g/mol. The number of rotatable bonds is 3. The van der Waals surface area contributed by atoms with E-state index < -0.39 is 0 Å². The minimum absolute atomic E-state index is 0.0256. The molecule has 1 aromatic carbocycles. The highest BCUT2D eigenvalue weighted by Crippen LogP contribution is 2.32. The number of fused-ring (bicyclic) bond motifs is 1. The van der Waals surface area contributed by atoms with Gasteiger partial charge in [0.25, 0.3) is 0 Å². The zero-order valence-electron chi connectivity index (χ0n) is 10.4. The summed E-state index contributed by atoms with van der Waals surface area (Å²) in [7, 11) is 0. The molecule has 1 atom stereocenters. The predicted molar refractivity (Wildman–Crippen MR) is 71.8 cm³/mol. The van der Waals surface area contributed by atoms with Gasteiger partial charge in [-0.05, 0) is 31.0 Å². The zero-order chi connectivity index (χ0) is 12.3. The molecule has 0 amide bonds. The van der Waals surface area contributed by atoms with Gasteiger partial charge in [0.15, 0.2) is 6.10 Å². The number of hydrogen-bond donors (Lipinski definition) is 2. The van der Waals surface area contributed by atoms with Gasteiger partial charge < -0.3 is 15.8 Å². The van der Waals surface area contributed by atoms with Crippen LogP contribution in [-0.2, 0) is 0 Å². The third-order valence-electron chi connectivity index (χ3n) is 2.72. The van der Waals surface area contributed by atoms with Gasteiger partial charge in [0, 0.05) is 12.2 Å². The molecule has 1 aliphatic rings. The Balaban J connectivity index is 2.27. The van der Waals surface area contributed by atoms with E-state index in [1.165, 1.54) is 0 Å². The third kappa shape index (κ3) is 2.52. The lowest BCUT2D eigenvalue weighted by Gasteiger charge is -2.28. The van der Waals surface area contributed by atoms with E-state index in [1.807, 2.05) is 18.2 Å². The van der Waals surface area contributed by atoms with Crippen LogP contribution in [0.15, 0.2) is 23.2 Å². The summed E-state index contributed by atoms with van der Waals surface area (Å²) in [5.41, 5.74) is 7.39. The number of nitrogen functional groups attached to an aromatic ring is 1. The Kier molecular flexibility index (Phi) is 3.52. The first kappa shape index (κ1) is 11.8. The lowest BCUT2D eigenvalue weighted by atomic mass is 10.1. The van der Waals surface area contributed by atoms with Crippen molar-refractivity contribution in [2.45, 2.75) is 32.8 Å². The van der Waals surface area contributed by atoms with Crippen molar-refractivity contribution < 1.29 is 4.74 Å². The van der Waals surface area contributed by atoms with Gasteiger partial charge in [0.2, 0.25) is 0 Å². The molecule has 0 bridgehead atoms. The molecule has 1 aromatic rings. The normalized spacial score (nSPS) is 20.6. The molecular weight excluding hydrogens is 214 g/mol. The Morgan fingerprint density at radius 1 is 1.41 bits per heavy atom. The number of nitrogens with two attached hydrogens (primary N) is 1. The maximum atomic E-state index is 5.90. The second-order valence-electron chi connectivity index (χ2n) is 4.16. The number of aliphatic imine (C=N–C) groups is 1. The first-order valence-electron chi connectivity index (χ1n) is 6.12. The molecular formula is C13H19N3O. The van der Waals surface area contributed by atoms with Crippen molar-refractivity contribution in [3.8, 4) is 5.75 Å². The molecule has 4 heteroatoms. The van der Waals surface area contributed by atoms with Crippen molar-refractivity contribution in [2.75, 3.05) is 17.6 Å². The van der Waals surface area contributed by atoms with Crippen LogP contribution in [0.25, 0.3) is 0 Å². The van der Waals surface area contributed by atoms with Gasteiger partial charge in [-0.1, -0.05) is 13.8 Å². The van der Waals surface area contributed by atoms with Gasteiger partial charge >= 0.3 is 0 Å². The summed E-state index contributed by atoms with van der Waals surface area (Å²) >= 11 is 0. The third-order valence-corrected chi connectivity index (χ3v) is 2.72. The molecule has 1 aliphatic heterocycles. The largest absolute Gasteiger partial charge is 0.480 e. The quantitative estimate of drug-likeness (QED) is 0.789. The fraction of sp³-hybridized carbons (Fsp3) is 0.462. The molecule has 0 radical (unpaired) electrons. The van der Waals surface area contributed by atoms with Gasteiger partial charge in [0.1, 0.15) is 11.6 Å². The molecule has 0 spiro atoms. The number of benzene rings is 1. The molecule has 2 rings (SSSR count). The van der Waals surface area contributed by atoms with Gasteiger partial charge in [-0.2, -0.15) is 0 Å². The van der Waals surface area contributed by atoms with Crippen molar-refractivity contribution in [1.29, 1.82) is 0 Å². The van der Waals surface area contributed by atoms with Gasteiger partial charge in [0.05, 0.1) is 5.69 Å². The van der Waals surface area contributed by atoms with Crippen LogP contribution in [-0.4, -0.2) is 18.5 Å². The van der Waals surface area contributed by atoms with Crippen LogP contribution in [0.2, 0.25) is 0 Å². The summed E-state index contributed by atoms with van der Waals surface area (Å²) in [6.45, 7) is 5.02. The smallest absolute Gasteiger partial charge is 0.155 e. The molecule has 0 fully saturated rings. The van der Waals surface area contributed by atoms with Crippen molar-refractivity contribution in [2.24, 2.45) is 4.99 Å². The number of anilines is 2. The number of amidine groups is 1. The van der Waals surface area contributed by atoms with E-state index in [9.17, 15) is 0 Å². The van der Waals surface area contributed by atoms with Gasteiger partial charge in [-0.15, -0.1) is 0 Å². The first-order valence-corrected chi connectivity index (χ1v) is 6.12. The van der Waals surface area contributed by atoms with E-state index in [-0.39, 0.29) is 6.10 Å². The zero-order valence-corrected chi connectivity index (χ0v) is 10.4. The Hall–Kier alpha value is -1.71. The van der Waals surface area contributed by atoms with Gasteiger partial charge in [-0.3, -0.25) is 4.99 Å². The number of ether oxygens (including phenoxy) is 1. The van der Waals surface area contributed by atoms with Crippen molar-refractivity contribution in [1.82, 2.24) is 0 Å². The van der Waals surface area contributed by atoms with E-state index in [0.717, 1.165) is 42.3 Å². The highest BCUT2D eigenvalue weighted by molar-refractivity contribution is 6.02. The van der Waals surface area contributed by atoms with E-state index >= 15 is 0 Å². The number of nitrogens with zero attached hydrogens (tertiary/aromatic N) is 1. The highest BCUT2D eigenvalue weighted by Gasteiger charge is 2.23. The molecule has 17 heavy (non-hydrogen) atoms. The first-order chi connectivity index (χ1) is 8.24. The molecule has 1 heterocycles. The van der Waals surface area contributed by atoms with Crippen LogP contribution in [0.3, 0.4) is 0 Å². The Morgan fingerprint density at radius 2 is 2.24 bits per heavy atom. The van der Waals surface area contributed by atoms with E-state index in [2.05, 4.69) is 24.2 Å².